The number of halogens is 1. The van der Waals surface area contributed by atoms with Crippen LogP contribution in [0.1, 0.15) is 17.0 Å². The molecule has 1 saturated heterocycles. The Kier molecular flexibility index (Phi) is 3.96. The molecular formula is C17H15ClN6O2S. The SMILES string of the molecule is O=C(N1Cc2cn(Sc3ccn[nH]3)nc2C1)C1(c2ncccc2Cl)COC1. The zero-order chi connectivity index (χ0) is 18.4. The van der Waals surface area contributed by atoms with Gasteiger partial charge in [0.2, 0.25) is 5.91 Å². The zero-order valence-corrected chi connectivity index (χ0v) is 15.7. The van der Waals surface area contributed by atoms with E-state index in [1.165, 1.54) is 11.9 Å². The summed E-state index contributed by atoms with van der Waals surface area (Å²) >= 11 is 7.76. The number of H-pyrrole nitrogens is 1. The van der Waals surface area contributed by atoms with E-state index < -0.39 is 5.41 Å². The maximum Gasteiger partial charge on any atom is 0.240 e. The number of rotatable bonds is 4. The third-order valence-corrected chi connectivity index (χ3v) is 5.93. The van der Waals surface area contributed by atoms with Crippen molar-refractivity contribution in [1.29, 1.82) is 0 Å². The standard InChI is InChI=1S/C17H15ClN6O2S/c18-12-2-1-4-19-15(12)17(9-26-10-17)16(25)23-6-11-7-24(22-13(11)8-23)27-14-3-5-20-21-14/h1-5,7H,6,8-10H2,(H,20,21). The van der Waals surface area contributed by atoms with Crippen LogP contribution in [-0.4, -0.2) is 48.4 Å². The minimum atomic E-state index is -0.803. The van der Waals surface area contributed by atoms with E-state index in [0.29, 0.717) is 37.0 Å². The summed E-state index contributed by atoms with van der Waals surface area (Å²) in [5.41, 5.74) is 1.73. The third kappa shape index (κ3) is 2.73. The van der Waals surface area contributed by atoms with Gasteiger partial charge in [0.05, 0.1) is 36.2 Å². The van der Waals surface area contributed by atoms with Crippen molar-refractivity contribution in [2.45, 2.75) is 23.5 Å². The smallest absolute Gasteiger partial charge is 0.240 e. The molecule has 0 atom stereocenters. The van der Waals surface area contributed by atoms with Crippen molar-refractivity contribution in [2.24, 2.45) is 0 Å². The predicted octanol–water partition coefficient (Wildman–Crippen LogP) is 2.02. The van der Waals surface area contributed by atoms with Crippen molar-refractivity contribution in [3.8, 4) is 0 Å². The van der Waals surface area contributed by atoms with Crippen LogP contribution in [-0.2, 0) is 28.0 Å². The number of hydrogen-bond donors (Lipinski definition) is 1. The highest BCUT2D eigenvalue weighted by Crippen LogP contribution is 2.39. The van der Waals surface area contributed by atoms with Crippen molar-refractivity contribution >= 4 is 29.5 Å². The molecule has 0 bridgehead atoms. The molecule has 10 heteroatoms. The van der Waals surface area contributed by atoms with Crippen molar-refractivity contribution in [1.82, 2.24) is 29.3 Å². The van der Waals surface area contributed by atoms with Gasteiger partial charge in [0, 0.05) is 42.6 Å². The number of fused-ring (bicyclic) bond motifs is 1. The molecule has 0 unspecified atom stereocenters. The van der Waals surface area contributed by atoms with E-state index in [1.54, 1.807) is 33.5 Å². The average Bonchev–Trinajstić information content (AvgIpc) is 3.32. The first-order chi connectivity index (χ1) is 13.2. The molecule has 0 spiro atoms. The van der Waals surface area contributed by atoms with Gasteiger partial charge in [-0.1, -0.05) is 11.6 Å². The van der Waals surface area contributed by atoms with E-state index >= 15 is 0 Å². The number of ether oxygens (including phenoxy) is 1. The topological polar surface area (TPSA) is 88.9 Å². The molecule has 0 saturated carbocycles. The van der Waals surface area contributed by atoms with Crippen molar-refractivity contribution in [3.63, 3.8) is 0 Å². The number of pyridine rings is 1. The number of aromatic amines is 1. The Balaban J connectivity index is 1.35. The molecule has 1 N–H and O–H groups in total. The lowest BCUT2D eigenvalue weighted by atomic mass is 9.80. The summed E-state index contributed by atoms with van der Waals surface area (Å²) < 4.78 is 7.18. The number of nitrogens with one attached hydrogen (secondary N) is 1. The van der Waals surface area contributed by atoms with Crippen LogP contribution < -0.4 is 0 Å². The lowest BCUT2D eigenvalue weighted by Crippen LogP contribution is -2.58. The Morgan fingerprint density at radius 3 is 2.85 bits per heavy atom. The minimum absolute atomic E-state index is 0.0138. The first-order valence-electron chi connectivity index (χ1n) is 8.39. The molecule has 3 aromatic heterocycles. The lowest BCUT2D eigenvalue weighted by molar-refractivity contribution is -0.157. The molecule has 8 nitrogen and oxygen atoms in total. The Bertz CT molecular complexity index is 977. The van der Waals surface area contributed by atoms with Crippen LogP contribution in [0.25, 0.3) is 0 Å². The number of nitrogens with zero attached hydrogens (tertiary/aromatic N) is 5. The quantitative estimate of drug-likeness (QED) is 0.718. The summed E-state index contributed by atoms with van der Waals surface area (Å²) in [5, 5.41) is 12.8. The predicted molar refractivity (Wildman–Crippen MR) is 98.1 cm³/mol. The van der Waals surface area contributed by atoms with Crippen LogP contribution in [0.2, 0.25) is 5.02 Å². The molecule has 1 fully saturated rings. The Morgan fingerprint density at radius 1 is 1.30 bits per heavy atom. The summed E-state index contributed by atoms with van der Waals surface area (Å²) in [6.45, 7) is 1.58. The fourth-order valence-corrected chi connectivity index (χ4v) is 4.46. The van der Waals surface area contributed by atoms with E-state index in [0.717, 1.165) is 16.3 Å². The minimum Gasteiger partial charge on any atom is -0.378 e. The first kappa shape index (κ1) is 16.8. The molecule has 0 radical (unpaired) electrons. The molecule has 138 valence electrons. The number of amides is 1. The molecule has 3 aromatic rings. The van der Waals surface area contributed by atoms with E-state index in [2.05, 4.69) is 20.3 Å². The van der Waals surface area contributed by atoms with Gasteiger partial charge in [-0.05, 0) is 18.2 Å². The lowest BCUT2D eigenvalue weighted by Gasteiger charge is -2.41. The average molecular weight is 403 g/mol. The van der Waals surface area contributed by atoms with Crippen LogP contribution in [0, 0.1) is 0 Å². The maximum atomic E-state index is 13.3. The normalized spacial score (nSPS) is 17.6. The molecule has 5 heterocycles. The fourth-order valence-electron chi connectivity index (χ4n) is 3.42. The number of carbonyl (C=O) groups is 1. The number of aromatic nitrogens is 5. The summed E-state index contributed by atoms with van der Waals surface area (Å²) in [6, 6.07) is 5.40. The number of hydrogen-bond acceptors (Lipinski definition) is 6. The van der Waals surface area contributed by atoms with Crippen LogP contribution >= 0.6 is 23.5 Å². The van der Waals surface area contributed by atoms with Gasteiger partial charge in [0.1, 0.15) is 10.4 Å². The maximum absolute atomic E-state index is 13.3. The Hall–Kier alpha value is -2.36. The van der Waals surface area contributed by atoms with Crippen LogP contribution in [0.15, 0.2) is 41.8 Å². The highest BCUT2D eigenvalue weighted by atomic mass is 35.5. The summed E-state index contributed by atoms with van der Waals surface area (Å²) in [7, 11) is 0. The van der Waals surface area contributed by atoms with E-state index in [4.69, 9.17) is 16.3 Å². The first-order valence-corrected chi connectivity index (χ1v) is 9.54. The van der Waals surface area contributed by atoms with E-state index in [1.807, 2.05) is 12.3 Å². The largest absolute Gasteiger partial charge is 0.378 e. The number of carbonyl (C=O) groups excluding carboxylic acids is 1. The molecular weight excluding hydrogens is 388 g/mol. The van der Waals surface area contributed by atoms with Gasteiger partial charge >= 0.3 is 0 Å². The molecule has 2 aliphatic rings. The van der Waals surface area contributed by atoms with Crippen LogP contribution in [0.4, 0.5) is 0 Å². The van der Waals surface area contributed by atoms with Gasteiger partial charge in [0.25, 0.3) is 0 Å². The Morgan fingerprint density at radius 2 is 2.19 bits per heavy atom. The summed E-state index contributed by atoms with van der Waals surface area (Å²) in [4.78, 5) is 19.5. The molecule has 2 aliphatic heterocycles. The summed E-state index contributed by atoms with van der Waals surface area (Å²) in [5.74, 6) is -0.0138. The van der Waals surface area contributed by atoms with Crippen molar-refractivity contribution < 1.29 is 9.53 Å². The van der Waals surface area contributed by atoms with Crippen LogP contribution in [0.5, 0.6) is 0 Å². The highest BCUT2D eigenvalue weighted by Gasteiger charge is 2.52. The Labute approximate surface area is 164 Å². The fraction of sp³-hybridized carbons (Fsp3) is 0.294. The van der Waals surface area contributed by atoms with Crippen molar-refractivity contribution in [3.05, 3.63) is 58.8 Å². The molecule has 0 aliphatic carbocycles. The second-order valence-electron chi connectivity index (χ2n) is 6.59. The zero-order valence-electron chi connectivity index (χ0n) is 14.1. The second kappa shape index (κ2) is 6.36. The molecule has 1 amide bonds. The van der Waals surface area contributed by atoms with Gasteiger partial charge in [-0.15, -0.1) is 0 Å². The van der Waals surface area contributed by atoms with Gasteiger partial charge in [-0.2, -0.15) is 10.2 Å². The highest BCUT2D eigenvalue weighted by molar-refractivity contribution is 7.97. The summed E-state index contributed by atoms with van der Waals surface area (Å²) in [6.07, 6.45) is 5.30. The van der Waals surface area contributed by atoms with E-state index in [-0.39, 0.29) is 5.91 Å². The van der Waals surface area contributed by atoms with Gasteiger partial charge in [-0.3, -0.25) is 14.9 Å². The van der Waals surface area contributed by atoms with Crippen LogP contribution in [0.3, 0.4) is 0 Å². The third-order valence-electron chi connectivity index (χ3n) is 4.83. The van der Waals surface area contributed by atoms with Gasteiger partial charge in [-0.25, -0.2) is 4.09 Å². The van der Waals surface area contributed by atoms with Gasteiger partial charge in [0.15, 0.2) is 0 Å². The van der Waals surface area contributed by atoms with Crippen molar-refractivity contribution in [2.75, 3.05) is 13.2 Å². The monoisotopic (exact) mass is 402 g/mol. The molecule has 27 heavy (non-hydrogen) atoms. The molecule has 5 rings (SSSR count). The molecule has 0 aromatic carbocycles. The second-order valence-corrected chi connectivity index (χ2v) is 7.99. The van der Waals surface area contributed by atoms with E-state index in [9.17, 15) is 4.79 Å². The van der Waals surface area contributed by atoms with Gasteiger partial charge < -0.3 is 9.64 Å².